The van der Waals surface area contributed by atoms with Crippen LogP contribution in [0.15, 0.2) is 29.2 Å². The molecule has 5 nitrogen and oxygen atoms in total. The van der Waals surface area contributed by atoms with Crippen molar-refractivity contribution in [3.63, 3.8) is 0 Å². The summed E-state index contributed by atoms with van der Waals surface area (Å²) < 4.78 is 39.9. The summed E-state index contributed by atoms with van der Waals surface area (Å²) in [5.74, 6) is -0.977. The zero-order valence-electron chi connectivity index (χ0n) is 12.8. The van der Waals surface area contributed by atoms with Gasteiger partial charge in [-0.2, -0.15) is 4.31 Å². The van der Waals surface area contributed by atoms with Crippen LogP contribution < -0.4 is 5.32 Å². The lowest BCUT2D eigenvalue weighted by atomic mass is 9.97. The van der Waals surface area contributed by atoms with E-state index < -0.39 is 15.8 Å². The first-order chi connectivity index (χ1) is 10.3. The van der Waals surface area contributed by atoms with E-state index in [1.54, 1.807) is 0 Å². The first-order valence-corrected chi connectivity index (χ1v) is 8.81. The number of halogens is 1. The Morgan fingerprint density at radius 3 is 2.41 bits per heavy atom. The minimum atomic E-state index is -3.84. The van der Waals surface area contributed by atoms with Crippen LogP contribution in [0.5, 0.6) is 0 Å². The molecule has 7 heteroatoms. The zero-order valence-corrected chi connectivity index (χ0v) is 13.6. The van der Waals surface area contributed by atoms with E-state index in [9.17, 15) is 17.6 Å². The highest BCUT2D eigenvalue weighted by molar-refractivity contribution is 7.89. The maximum atomic E-state index is 13.7. The van der Waals surface area contributed by atoms with Crippen LogP contribution >= 0.6 is 0 Å². The number of nitrogens with zero attached hydrogens (tertiary/aromatic N) is 1. The molecule has 1 aromatic rings. The van der Waals surface area contributed by atoms with Crippen LogP contribution in [-0.2, 0) is 14.8 Å². The van der Waals surface area contributed by atoms with Crippen molar-refractivity contribution in [1.29, 1.82) is 0 Å². The van der Waals surface area contributed by atoms with Gasteiger partial charge in [0.25, 0.3) is 0 Å². The molecular weight excluding hydrogens is 307 g/mol. The molecule has 0 radical (unpaired) electrons. The van der Waals surface area contributed by atoms with Gasteiger partial charge in [-0.25, -0.2) is 12.8 Å². The Morgan fingerprint density at radius 2 is 1.86 bits per heavy atom. The molecule has 1 N–H and O–H groups in total. The van der Waals surface area contributed by atoms with Crippen molar-refractivity contribution in [2.45, 2.75) is 37.6 Å². The van der Waals surface area contributed by atoms with E-state index in [1.165, 1.54) is 22.5 Å². The van der Waals surface area contributed by atoms with Gasteiger partial charge in [0, 0.05) is 25.0 Å². The standard InChI is InChI=1S/C15H21FN2O3S/c1-11(2)17-15(19)12-7-9-18(10-8-12)22(20,21)14-6-4-3-5-13(14)16/h3-6,11-12H,7-10H2,1-2H3,(H,17,19). The summed E-state index contributed by atoms with van der Waals surface area (Å²) in [5.41, 5.74) is 0. The van der Waals surface area contributed by atoms with Crippen molar-refractivity contribution in [2.75, 3.05) is 13.1 Å². The fourth-order valence-corrected chi connectivity index (χ4v) is 4.09. The third kappa shape index (κ3) is 3.64. The SMILES string of the molecule is CC(C)NC(=O)C1CCN(S(=O)(=O)c2ccccc2F)CC1. The van der Waals surface area contributed by atoms with Crippen LogP contribution in [0.1, 0.15) is 26.7 Å². The van der Waals surface area contributed by atoms with E-state index in [0.29, 0.717) is 12.8 Å². The fourth-order valence-electron chi connectivity index (χ4n) is 2.55. The summed E-state index contributed by atoms with van der Waals surface area (Å²) in [6.07, 6.45) is 0.901. The smallest absolute Gasteiger partial charge is 0.245 e. The molecule has 1 aliphatic heterocycles. The summed E-state index contributed by atoms with van der Waals surface area (Å²) in [6, 6.07) is 5.42. The first kappa shape index (κ1) is 16.9. The Morgan fingerprint density at radius 1 is 1.27 bits per heavy atom. The third-order valence-corrected chi connectivity index (χ3v) is 5.64. The van der Waals surface area contributed by atoms with Crippen molar-refractivity contribution < 1.29 is 17.6 Å². The van der Waals surface area contributed by atoms with Gasteiger partial charge in [0.1, 0.15) is 10.7 Å². The number of rotatable bonds is 4. The summed E-state index contributed by atoms with van der Waals surface area (Å²) in [7, 11) is -3.84. The number of hydrogen-bond acceptors (Lipinski definition) is 3. The van der Waals surface area contributed by atoms with Crippen LogP contribution in [0.25, 0.3) is 0 Å². The lowest BCUT2D eigenvalue weighted by Gasteiger charge is -2.31. The average Bonchev–Trinajstić information content (AvgIpc) is 2.47. The van der Waals surface area contributed by atoms with E-state index in [-0.39, 0.29) is 35.9 Å². The van der Waals surface area contributed by atoms with Gasteiger partial charge in [-0.1, -0.05) is 12.1 Å². The molecule has 1 aromatic carbocycles. The molecule has 1 fully saturated rings. The van der Waals surface area contributed by atoms with E-state index in [2.05, 4.69) is 5.32 Å². The molecule has 2 rings (SSSR count). The molecule has 0 atom stereocenters. The second kappa shape index (κ2) is 6.75. The van der Waals surface area contributed by atoms with Gasteiger partial charge in [0.05, 0.1) is 0 Å². The predicted octanol–water partition coefficient (Wildman–Crippen LogP) is 1.75. The molecule has 22 heavy (non-hydrogen) atoms. The second-order valence-corrected chi connectivity index (χ2v) is 7.68. The van der Waals surface area contributed by atoms with Crippen molar-refractivity contribution >= 4 is 15.9 Å². The van der Waals surface area contributed by atoms with Crippen LogP contribution in [0.4, 0.5) is 4.39 Å². The number of sulfonamides is 1. The largest absolute Gasteiger partial charge is 0.354 e. The van der Waals surface area contributed by atoms with Gasteiger partial charge in [0.2, 0.25) is 15.9 Å². The van der Waals surface area contributed by atoms with Gasteiger partial charge >= 0.3 is 0 Å². The second-order valence-electron chi connectivity index (χ2n) is 5.77. The molecule has 1 amide bonds. The highest BCUT2D eigenvalue weighted by atomic mass is 32.2. The maximum absolute atomic E-state index is 13.7. The number of carbonyl (C=O) groups excluding carboxylic acids is 1. The predicted molar refractivity (Wildman–Crippen MR) is 81.2 cm³/mol. The molecule has 0 aromatic heterocycles. The minimum Gasteiger partial charge on any atom is -0.354 e. The molecule has 122 valence electrons. The van der Waals surface area contributed by atoms with E-state index in [4.69, 9.17) is 0 Å². The summed E-state index contributed by atoms with van der Waals surface area (Å²) in [6.45, 7) is 4.23. The molecular formula is C15H21FN2O3S. The Balaban J connectivity index is 2.05. The summed E-state index contributed by atoms with van der Waals surface area (Å²) in [5, 5.41) is 2.84. The highest BCUT2D eigenvalue weighted by Crippen LogP contribution is 2.25. The monoisotopic (exact) mass is 328 g/mol. The lowest BCUT2D eigenvalue weighted by molar-refractivity contribution is -0.126. The number of carbonyl (C=O) groups is 1. The Hall–Kier alpha value is -1.47. The van der Waals surface area contributed by atoms with E-state index in [0.717, 1.165) is 6.07 Å². The zero-order chi connectivity index (χ0) is 16.3. The summed E-state index contributed by atoms with van der Waals surface area (Å²) >= 11 is 0. The fraction of sp³-hybridized carbons (Fsp3) is 0.533. The Labute approximate surface area is 130 Å². The van der Waals surface area contributed by atoms with Crippen LogP contribution in [0, 0.1) is 11.7 Å². The number of nitrogens with one attached hydrogen (secondary N) is 1. The summed E-state index contributed by atoms with van der Waals surface area (Å²) in [4.78, 5) is 11.6. The average molecular weight is 328 g/mol. The van der Waals surface area contributed by atoms with Crippen molar-refractivity contribution in [1.82, 2.24) is 9.62 Å². The molecule has 1 heterocycles. The van der Waals surface area contributed by atoms with Gasteiger partial charge < -0.3 is 5.32 Å². The Bertz CT molecular complexity index is 638. The number of piperidine rings is 1. The van der Waals surface area contributed by atoms with Crippen molar-refractivity contribution in [3.8, 4) is 0 Å². The van der Waals surface area contributed by atoms with Gasteiger partial charge in [-0.05, 0) is 38.8 Å². The quantitative estimate of drug-likeness (QED) is 0.916. The molecule has 0 spiro atoms. The number of benzene rings is 1. The first-order valence-electron chi connectivity index (χ1n) is 7.37. The van der Waals surface area contributed by atoms with Crippen molar-refractivity contribution in [2.24, 2.45) is 5.92 Å². The van der Waals surface area contributed by atoms with Crippen LogP contribution in [0.2, 0.25) is 0 Å². The number of hydrogen-bond donors (Lipinski definition) is 1. The topological polar surface area (TPSA) is 66.5 Å². The van der Waals surface area contributed by atoms with Gasteiger partial charge in [0.15, 0.2) is 0 Å². The van der Waals surface area contributed by atoms with Gasteiger partial charge in [-0.15, -0.1) is 0 Å². The molecule has 0 bridgehead atoms. The molecule has 1 aliphatic rings. The maximum Gasteiger partial charge on any atom is 0.245 e. The molecule has 0 unspecified atom stereocenters. The molecule has 0 saturated carbocycles. The van der Waals surface area contributed by atoms with E-state index >= 15 is 0 Å². The van der Waals surface area contributed by atoms with Crippen LogP contribution in [0.3, 0.4) is 0 Å². The molecule has 1 saturated heterocycles. The third-order valence-electron chi connectivity index (χ3n) is 3.71. The van der Waals surface area contributed by atoms with Gasteiger partial charge in [-0.3, -0.25) is 4.79 Å². The lowest BCUT2D eigenvalue weighted by Crippen LogP contribution is -2.44. The Kier molecular flexibility index (Phi) is 5.18. The minimum absolute atomic E-state index is 0.0436. The number of amides is 1. The highest BCUT2D eigenvalue weighted by Gasteiger charge is 2.33. The van der Waals surface area contributed by atoms with E-state index in [1.807, 2.05) is 13.8 Å². The molecule has 0 aliphatic carbocycles. The normalized spacial score (nSPS) is 17.6. The van der Waals surface area contributed by atoms with Crippen LogP contribution in [-0.4, -0.2) is 37.8 Å². The van der Waals surface area contributed by atoms with Crippen molar-refractivity contribution in [3.05, 3.63) is 30.1 Å².